The minimum atomic E-state index is -0.269. The number of carbonyl (C=O) groups is 2. The molecule has 1 aromatic rings. The maximum Gasteiger partial charge on any atom is 0.306 e. The molecule has 0 bridgehead atoms. The van der Waals surface area contributed by atoms with Crippen molar-refractivity contribution in [3.63, 3.8) is 0 Å². The molecule has 242 valence electrons. The molecule has 0 aromatic heterocycles. The van der Waals surface area contributed by atoms with Crippen molar-refractivity contribution in [2.75, 3.05) is 13.2 Å². The molecular formula is C37H65NO4. The van der Waals surface area contributed by atoms with E-state index in [0.29, 0.717) is 25.1 Å². The lowest BCUT2D eigenvalue weighted by Gasteiger charge is -2.28. The van der Waals surface area contributed by atoms with Gasteiger partial charge in [0.05, 0.1) is 6.54 Å². The molecule has 5 heteroatoms. The van der Waals surface area contributed by atoms with Gasteiger partial charge in [0.2, 0.25) is 5.91 Å². The van der Waals surface area contributed by atoms with Crippen molar-refractivity contribution in [2.24, 2.45) is 0 Å². The molecule has 1 amide bonds. The molecule has 5 nitrogen and oxygen atoms in total. The fourth-order valence-electron chi connectivity index (χ4n) is 5.40. The summed E-state index contributed by atoms with van der Waals surface area (Å²) < 4.78 is 5.36. The van der Waals surface area contributed by atoms with Gasteiger partial charge in [0.25, 0.3) is 0 Å². The number of hydrogen-bond acceptors (Lipinski definition) is 4. The normalized spacial score (nSPS) is 12.0. The molecule has 0 spiro atoms. The Balaban J connectivity index is 2.12. The second-order valence-corrected chi connectivity index (χ2v) is 14.3. The number of ether oxygens (including phenoxy) is 1. The lowest BCUT2D eigenvalue weighted by molar-refractivity contribution is -0.143. The van der Waals surface area contributed by atoms with E-state index in [2.05, 4.69) is 53.8 Å². The number of nitrogens with one attached hydrogen (secondary N) is 1. The van der Waals surface area contributed by atoms with Crippen molar-refractivity contribution in [3.05, 3.63) is 28.8 Å². The highest BCUT2D eigenvalue weighted by atomic mass is 16.5. The number of aryl methyl sites for hydroxylation is 1. The molecule has 0 aliphatic rings. The lowest BCUT2D eigenvalue weighted by Crippen LogP contribution is -2.27. The van der Waals surface area contributed by atoms with Gasteiger partial charge in [-0.25, -0.2) is 0 Å². The van der Waals surface area contributed by atoms with Gasteiger partial charge in [-0.05, 0) is 40.4 Å². The molecule has 0 atom stereocenters. The first-order valence-electron chi connectivity index (χ1n) is 17.2. The molecule has 0 fully saturated rings. The summed E-state index contributed by atoms with van der Waals surface area (Å²) in [5.74, 6) is 0.116. The van der Waals surface area contributed by atoms with Crippen LogP contribution in [0, 0.1) is 0 Å². The van der Waals surface area contributed by atoms with Gasteiger partial charge in [-0.15, -0.1) is 0 Å². The first-order valence-corrected chi connectivity index (χ1v) is 17.2. The zero-order valence-corrected chi connectivity index (χ0v) is 28.5. The predicted molar refractivity (Wildman–Crippen MR) is 177 cm³/mol. The predicted octanol–water partition coefficient (Wildman–Crippen LogP) is 9.84. The number of aromatic hydroxyl groups is 1. The zero-order chi connectivity index (χ0) is 31.4. The van der Waals surface area contributed by atoms with E-state index in [0.717, 1.165) is 29.5 Å². The van der Waals surface area contributed by atoms with E-state index in [4.69, 9.17) is 4.74 Å². The summed E-state index contributed by atoms with van der Waals surface area (Å²) in [5.41, 5.74) is 2.41. The van der Waals surface area contributed by atoms with Crippen LogP contribution < -0.4 is 5.32 Å². The first-order chi connectivity index (χ1) is 19.9. The molecule has 42 heavy (non-hydrogen) atoms. The quantitative estimate of drug-likeness (QED) is 0.105. The average molecular weight is 588 g/mol. The minimum Gasteiger partial charge on any atom is -0.507 e. The standard InChI is InChI=1S/C37H65NO4/c1-8-9-10-11-12-13-14-15-16-17-18-19-20-21-22-23-33(39)38-26-27-42-34(40)25-24-30-28-31(36(2,3)4)35(41)32(29-30)37(5,6)7/h28-29,41H,8-27H2,1-7H3,(H,38,39). The van der Waals surface area contributed by atoms with E-state index < -0.39 is 0 Å². The Morgan fingerprint density at radius 3 is 1.55 bits per heavy atom. The third-order valence-corrected chi connectivity index (χ3v) is 8.10. The van der Waals surface area contributed by atoms with Crippen LogP contribution in [0.2, 0.25) is 0 Å². The third-order valence-electron chi connectivity index (χ3n) is 8.10. The monoisotopic (exact) mass is 587 g/mol. The summed E-state index contributed by atoms with van der Waals surface area (Å²) in [6.07, 6.45) is 21.1. The molecule has 2 N–H and O–H groups in total. The SMILES string of the molecule is CCCCCCCCCCCCCCCCCC(=O)NCCOC(=O)CCc1cc(C(C)(C)C)c(O)c(C(C)(C)C)c1. The number of carbonyl (C=O) groups excluding carboxylic acids is 2. The van der Waals surface area contributed by atoms with Gasteiger partial charge in [0.15, 0.2) is 0 Å². The van der Waals surface area contributed by atoms with Crippen LogP contribution in [0.25, 0.3) is 0 Å². The van der Waals surface area contributed by atoms with Crippen LogP contribution in [0.15, 0.2) is 12.1 Å². The molecule has 0 radical (unpaired) electrons. The van der Waals surface area contributed by atoms with Crippen molar-refractivity contribution in [3.8, 4) is 5.75 Å². The summed E-state index contributed by atoms with van der Waals surface area (Å²) in [6.45, 7) is 15.3. The highest BCUT2D eigenvalue weighted by Gasteiger charge is 2.26. The molecule has 1 aromatic carbocycles. The van der Waals surface area contributed by atoms with Gasteiger partial charge in [-0.2, -0.15) is 0 Å². The molecule has 0 aliphatic heterocycles. The number of unbranched alkanes of at least 4 members (excludes halogenated alkanes) is 14. The van der Waals surface area contributed by atoms with Crippen LogP contribution in [0.5, 0.6) is 5.75 Å². The van der Waals surface area contributed by atoms with E-state index in [-0.39, 0.29) is 35.7 Å². The van der Waals surface area contributed by atoms with Gasteiger partial charge >= 0.3 is 5.97 Å². The van der Waals surface area contributed by atoms with Gasteiger partial charge in [-0.3, -0.25) is 9.59 Å². The number of amides is 1. The number of esters is 1. The number of rotatable bonds is 22. The molecule has 0 aliphatic carbocycles. The van der Waals surface area contributed by atoms with E-state index in [1.807, 2.05) is 12.1 Å². The minimum absolute atomic E-state index is 0.0363. The number of phenols is 1. The Bertz CT molecular complexity index is 859. The topological polar surface area (TPSA) is 75.6 Å². The van der Waals surface area contributed by atoms with Crippen molar-refractivity contribution in [1.29, 1.82) is 0 Å². The second-order valence-electron chi connectivity index (χ2n) is 14.3. The van der Waals surface area contributed by atoms with E-state index in [1.54, 1.807) is 0 Å². The molecular weight excluding hydrogens is 522 g/mol. The Hall–Kier alpha value is -2.04. The summed E-state index contributed by atoms with van der Waals surface area (Å²) in [5, 5.41) is 13.8. The summed E-state index contributed by atoms with van der Waals surface area (Å²) >= 11 is 0. The molecule has 0 saturated heterocycles. The van der Waals surface area contributed by atoms with Crippen molar-refractivity contribution in [1.82, 2.24) is 5.32 Å². The van der Waals surface area contributed by atoms with Crippen LogP contribution in [0.4, 0.5) is 0 Å². The highest BCUT2D eigenvalue weighted by Crippen LogP contribution is 2.40. The maximum absolute atomic E-state index is 12.3. The Labute approximate surface area is 259 Å². The Kier molecular flexibility index (Phi) is 18.8. The molecule has 0 heterocycles. The highest BCUT2D eigenvalue weighted by molar-refractivity contribution is 5.75. The van der Waals surface area contributed by atoms with Crippen molar-refractivity contribution >= 4 is 11.9 Å². The molecule has 0 unspecified atom stereocenters. The Morgan fingerprint density at radius 1 is 0.690 bits per heavy atom. The first kappa shape index (κ1) is 38.0. The maximum atomic E-state index is 12.3. The second kappa shape index (κ2) is 20.8. The van der Waals surface area contributed by atoms with E-state index >= 15 is 0 Å². The number of phenolic OH excluding ortho intramolecular Hbond substituents is 1. The van der Waals surface area contributed by atoms with E-state index in [1.165, 1.54) is 83.5 Å². The smallest absolute Gasteiger partial charge is 0.306 e. The van der Waals surface area contributed by atoms with Crippen molar-refractivity contribution in [2.45, 2.75) is 175 Å². The lowest BCUT2D eigenvalue weighted by atomic mass is 9.78. The van der Waals surface area contributed by atoms with Crippen LogP contribution in [-0.2, 0) is 31.6 Å². The number of benzene rings is 1. The average Bonchev–Trinajstić information content (AvgIpc) is 2.91. The largest absolute Gasteiger partial charge is 0.507 e. The fraction of sp³-hybridized carbons (Fsp3) is 0.784. The van der Waals surface area contributed by atoms with Crippen LogP contribution in [0.1, 0.15) is 174 Å². The van der Waals surface area contributed by atoms with Gasteiger partial charge < -0.3 is 15.2 Å². The summed E-state index contributed by atoms with van der Waals surface area (Å²) in [4.78, 5) is 24.4. The van der Waals surface area contributed by atoms with Crippen LogP contribution >= 0.6 is 0 Å². The van der Waals surface area contributed by atoms with Gasteiger partial charge in [0, 0.05) is 12.8 Å². The van der Waals surface area contributed by atoms with Crippen LogP contribution in [-0.4, -0.2) is 30.1 Å². The van der Waals surface area contributed by atoms with Crippen molar-refractivity contribution < 1.29 is 19.4 Å². The fourth-order valence-corrected chi connectivity index (χ4v) is 5.40. The van der Waals surface area contributed by atoms with E-state index in [9.17, 15) is 14.7 Å². The zero-order valence-electron chi connectivity index (χ0n) is 28.5. The summed E-state index contributed by atoms with van der Waals surface area (Å²) in [7, 11) is 0. The molecule has 1 rings (SSSR count). The van der Waals surface area contributed by atoms with Crippen LogP contribution in [0.3, 0.4) is 0 Å². The number of hydrogen-bond donors (Lipinski definition) is 2. The Morgan fingerprint density at radius 2 is 1.12 bits per heavy atom. The van der Waals surface area contributed by atoms with Gasteiger partial charge in [0.1, 0.15) is 12.4 Å². The molecule has 0 saturated carbocycles. The third kappa shape index (κ3) is 17.2. The van der Waals surface area contributed by atoms with Gasteiger partial charge in [-0.1, -0.05) is 150 Å². The summed E-state index contributed by atoms with van der Waals surface area (Å²) in [6, 6.07) is 4.02.